The molecule has 1 spiro atoms. The molecule has 1 saturated heterocycles. The molecular weight excluding hydrogens is 306 g/mol. The van der Waals surface area contributed by atoms with Gasteiger partial charge in [-0.3, -0.25) is 4.79 Å². The fourth-order valence-electron chi connectivity index (χ4n) is 5.04. The van der Waals surface area contributed by atoms with E-state index in [9.17, 15) is 6.17 Å². The Morgan fingerprint density at radius 1 is 1.58 bits per heavy atom. The summed E-state index contributed by atoms with van der Waals surface area (Å²) < 4.78 is 56.2. The summed E-state index contributed by atoms with van der Waals surface area (Å²) in [5, 5.41) is 9.56. The molecule has 0 saturated carbocycles. The summed E-state index contributed by atoms with van der Waals surface area (Å²) in [5.41, 5.74) is -2.47. The quantitative estimate of drug-likeness (QED) is 0.813. The average molecular weight is 333 g/mol. The van der Waals surface area contributed by atoms with Gasteiger partial charge in [-0.05, 0) is 51.0 Å². The first-order valence-corrected chi connectivity index (χ1v) is 8.15. The summed E-state index contributed by atoms with van der Waals surface area (Å²) in [7, 11) is 1.93. The Balaban J connectivity index is 1.96. The number of likely N-dealkylation sites (N-methyl/N-ethyl adjacent to an activating group) is 1. The molecule has 5 atom stereocenters. The third-order valence-electron chi connectivity index (χ3n) is 6.22. The number of hydrogen-bond acceptors (Lipinski definition) is 5. The van der Waals surface area contributed by atoms with Gasteiger partial charge in [-0.2, -0.15) is 0 Å². The number of nitrogens with zero attached hydrogens (tertiary/aromatic N) is 1. The number of hydrogen-bond donors (Lipinski definition) is 2. The Morgan fingerprint density at radius 2 is 2.46 bits per heavy atom. The van der Waals surface area contributed by atoms with Crippen LogP contribution in [-0.2, 0) is 16.6 Å². The minimum absolute atomic E-state index is 0.0187. The van der Waals surface area contributed by atoms with E-state index in [1.807, 2.05) is 7.05 Å². The Labute approximate surface area is 149 Å². The van der Waals surface area contributed by atoms with Crippen LogP contribution in [0.1, 0.15) is 30.0 Å². The first-order valence-electron chi connectivity index (χ1n) is 11.0. The molecule has 2 N–H and O–H groups in total. The number of Topliss-reactive ketones (excluding diaryl/α,β-unsaturated/α-hetero) is 1. The van der Waals surface area contributed by atoms with Crippen molar-refractivity contribution >= 4 is 5.78 Å². The van der Waals surface area contributed by atoms with Crippen molar-refractivity contribution in [2.45, 2.75) is 42.9 Å². The SMILES string of the molecule is [2H]Oc1c([2H])c([2H])c2c3c1O[C@@]1([2H])[C@](O[2H])(C(C)=O)C([2H])=C[C@H]4[C@@H](C2)N(C)CC[C@@]341. The van der Waals surface area contributed by atoms with E-state index >= 15 is 0 Å². The van der Waals surface area contributed by atoms with Crippen LogP contribution in [0.4, 0.5) is 0 Å². The van der Waals surface area contributed by atoms with Crippen molar-refractivity contribution in [2.75, 3.05) is 13.6 Å². The Bertz CT molecular complexity index is 1030. The van der Waals surface area contributed by atoms with Gasteiger partial charge in [0.05, 0.1) is 5.48 Å². The van der Waals surface area contributed by atoms with Crippen LogP contribution in [0.5, 0.6) is 11.5 Å². The van der Waals surface area contributed by atoms with Gasteiger partial charge in [-0.15, -0.1) is 0 Å². The van der Waals surface area contributed by atoms with E-state index in [4.69, 9.17) is 16.8 Å². The van der Waals surface area contributed by atoms with E-state index in [0.717, 1.165) is 0 Å². The van der Waals surface area contributed by atoms with E-state index in [2.05, 4.69) is 10.0 Å². The lowest BCUT2D eigenvalue weighted by Crippen LogP contribution is -2.69. The summed E-state index contributed by atoms with van der Waals surface area (Å²) in [5.74, 6) is -1.41. The molecule has 0 amide bonds. The maximum atomic E-state index is 12.8. The lowest BCUT2D eigenvalue weighted by molar-refractivity contribution is -0.148. The van der Waals surface area contributed by atoms with Gasteiger partial charge in [0.2, 0.25) is 1.43 Å². The number of carbonyl (C=O) groups excluding carboxylic acids is 1. The molecule has 5 heteroatoms. The number of rotatable bonds is 3. The van der Waals surface area contributed by atoms with Crippen LogP contribution in [0.15, 0.2) is 24.2 Å². The van der Waals surface area contributed by atoms with Gasteiger partial charge in [0.15, 0.2) is 22.9 Å². The molecule has 2 aliphatic heterocycles. The van der Waals surface area contributed by atoms with Gasteiger partial charge < -0.3 is 19.9 Å². The number of phenolic OH excluding ortho intramolecular Hbond substituents is 1. The molecular formula is C19H21NO4. The predicted molar refractivity (Wildman–Crippen MR) is 87.2 cm³/mol. The van der Waals surface area contributed by atoms with Gasteiger partial charge in [-0.25, -0.2) is 0 Å². The van der Waals surface area contributed by atoms with Crippen molar-refractivity contribution < 1.29 is 25.2 Å². The number of carbonyl (C=O) groups is 1. The van der Waals surface area contributed by atoms with Gasteiger partial charge in [0.25, 0.3) is 1.43 Å². The number of likely N-dealkylation sites (tertiary alicyclic amines) is 1. The van der Waals surface area contributed by atoms with Crippen LogP contribution >= 0.6 is 0 Å². The summed E-state index contributed by atoms with van der Waals surface area (Å²) in [6, 6.07) is -0.894. The van der Waals surface area contributed by atoms with Crippen LogP contribution < -0.4 is 4.74 Å². The van der Waals surface area contributed by atoms with Crippen molar-refractivity contribution in [3.8, 4) is 11.5 Å². The van der Waals surface area contributed by atoms with Crippen molar-refractivity contribution in [3.05, 3.63) is 35.3 Å². The van der Waals surface area contributed by atoms with Crippen LogP contribution in [0.3, 0.4) is 0 Å². The highest BCUT2D eigenvalue weighted by atomic mass is 16.5. The summed E-state index contributed by atoms with van der Waals surface area (Å²) in [6.07, 6.45) is 0.162. The average Bonchev–Trinajstić information content (AvgIpc) is 2.95. The van der Waals surface area contributed by atoms with Crippen LogP contribution in [0.2, 0.25) is 0 Å². The van der Waals surface area contributed by atoms with Gasteiger partial charge >= 0.3 is 0 Å². The van der Waals surface area contributed by atoms with Crippen LogP contribution in [-0.4, -0.2) is 55.1 Å². The zero-order valence-electron chi connectivity index (χ0n) is 19.4. The van der Waals surface area contributed by atoms with E-state index in [1.165, 1.54) is 6.92 Å². The molecule has 1 aromatic rings. The maximum Gasteiger partial charge on any atom is 0.293 e. The van der Waals surface area contributed by atoms with Crippen molar-refractivity contribution in [3.63, 3.8) is 0 Å². The number of benzene rings is 1. The highest BCUT2D eigenvalue weighted by Gasteiger charge is 2.68. The minimum Gasteiger partial charge on any atom is -0.504 e. The Hall–Kier alpha value is -1.85. The van der Waals surface area contributed by atoms with Crippen LogP contribution in [0.25, 0.3) is 0 Å². The lowest BCUT2D eigenvalue weighted by atomic mass is 9.51. The molecule has 126 valence electrons. The smallest absolute Gasteiger partial charge is 0.293 e. The number of phenols is 1. The fourth-order valence-corrected chi connectivity index (χ4v) is 5.04. The van der Waals surface area contributed by atoms with Crippen molar-refractivity contribution in [1.29, 1.82) is 2.86 Å². The molecule has 2 bridgehead atoms. The number of ketones is 1. The van der Waals surface area contributed by atoms with Gasteiger partial charge in [0.1, 0.15) is 6.08 Å². The molecule has 24 heavy (non-hydrogen) atoms. The maximum absolute atomic E-state index is 12.8. The summed E-state index contributed by atoms with van der Waals surface area (Å²) >= 11 is 0. The zero-order valence-corrected chi connectivity index (χ0v) is 13.4. The molecule has 1 aromatic carbocycles. The first kappa shape index (κ1) is 9.59. The first-order chi connectivity index (χ1) is 14.1. The standard InChI is InChI=1S/C19H21NO4/c1-10(21)19(23)6-5-12-13-9-11-3-4-14(22)16-15(11)18(12,17(19)24-16)7-8-20(13)2/h3-6,12-13,17,22-23H,7-9H2,1-2H3/t12-,13+,17+,18-,19+/m0/s1/i3D,4D,6D,17D,23D/hD. The van der Waals surface area contributed by atoms with E-state index < -0.39 is 28.8 Å². The third-order valence-corrected chi connectivity index (χ3v) is 6.22. The van der Waals surface area contributed by atoms with E-state index in [0.29, 0.717) is 30.5 Å². The molecule has 5 nitrogen and oxygen atoms in total. The monoisotopic (exact) mass is 333 g/mol. The van der Waals surface area contributed by atoms with E-state index in [-0.39, 0.29) is 35.7 Å². The highest BCUT2D eigenvalue weighted by molar-refractivity contribution is 5.89. The van der Waals surface area contributed by atoms with Crippen LogP contribution in [0, 0.1) is 5.92 Å². The third kappa shape index (κ3) is 1.38. The Morgan fingerprint density at radius 3 is 3.21 bits per heavy atom. The second kappa shape index (κ2) is 4.21. The largest absolute Gasteiger partial charge is 0.504 e. The molecule has 1 fully saturated rings. The second-order valence-corrected chi connectivity index (χ2v) is 7.24. The lowest BCUT2D eigenvalue weighted by Gasteiger charge is -2.58. The topological polar surface area (TPSA) is 70.0 Å². The van der Waals surface area contributed by atoms with E-state index in [1.54, 1.807) is 6.08 Å². The second-order valence-electron chi connectivity index (χ2n) is 7.24. The summed E-state index contributed by atoms with van der Waals surface area (Å²) in [6.45, 7) is 1.74. The molecule has 2 aliphatic carbocycles. The number of aliphatic hydroxyl groups is 1. The van der Waals surface area contributed by atoms with Crippen molar-refractivity contribution in [2.24, 2.45) is 5.92 Å². The molecule has 0 radical (unpaired) electrons. The van der Waals surface area contributed by atoms with Gasteiger partial charge in [0, 0.05) is 22.9 Å². The Kier molecular flexibility index (Phi) is 1.68. The summed E-state index contributed by atoms with van der Waals surface area (Å²) in [4.78, 5) is 14.9. The number of aromatic hydroxyl groups is 1. The number of piperidine rings is 1. The molecule has 5 rings (SSSR count). The fraction of sp³-hybridized carbons (Fsp3) is 0.526. The highest BCUT2D eigenvalue weighted by Crippen LogP contribution is 2.63. The zero-order chi connectivity index (χ0) is 21.8. The molecule has 0 aromatic heterocycles. The minimum atomic E-state index is -2.30. The van der Waals surface area contributed by atoms with Gasteiger partial charge in [-0.1, -0.05) is 12.1 Å². The molecule has 2 heterocycles. The predicted octanol–water partition coefficient (Wildman–Crippen LogP) is 1.16. The molecule has 4 aliphatic rings. The molecule has 0 unspecified atom stereocenters. The van der Waals surface area contributed by atoms with Crippen molar-refractivity contribution in [1.82, 2.24) is 4.90 Å². The number of ether oxygens (including phenoxy) is 1. The normalized spacial score (nSPS) is 48.5.